The lowest BCUT2D eigenvalue weighted by Crippen LogP contribution is -2.39. The number of hydrogen-bond acceptors (Lipinski definition) is 3. The highest BCUT2D eigenvalue weighted by molar-refractivity contribution is 9.09. The molecule has 2 rings (SSSR count). The lowest BCUT2D eigenvalue weighted by Gasteiger charge is -2.20. The number of urea groups is 1. The van der Waals surface area contributed by atoms with E-state index in [0.717, 1.165) is 11.0 Å². The zero-order valence-electron chi connectivity index (χ0n) is 10.9. The molecule has 1 fully saturated rings. The Morgan fingerprint density at radius 2 is 2.10 bits per heavy atom. The van der Waals surface area contributed by atoms with Crippen molar-refractivity contribution >= 4 is 45.0 Å². The SMILES string of the molecule is O=C(Nc1ccccc1)N1CCN(COCCBr)C1=S. The Bertz CT molecular complexity index is 472. The summed E-state index contributed by atoms with van der Waals surface area (Å²) in [5.74, 6) is 0. The second-order valence-electron chi connectivity index (χ2n) is 4.22. The van der Waals surface area contributed by atoms with Gasteiger partial charge < -0.3 is 15.0 Å². The van der Waals surface area contributed by atoms with Crippen molar-refractivity contribution in [1.29, 1.82) is 0 Å². The van der Waals surface area contributed by atoms with Gasteiger partial charge in [-0.25, -0.2) is 4.79 Å². The number of amides is 2. The van der Waals surface area contributed by atoms with Gasteiger partial charge in [-0.3, -0.25) is 4.90 Å². The number of alkyl halides is 1. The second-order valence-corrected chi connectivity index (χ2v) is 5.38. The summed E-state index contributed by atoms with van der Waals surface area (Å²) >= 11 is 8.60. The molecule has 0 saturated carbocycles. The van der Waals surface area contributed by atoms with Gasteiger partial charge in [-0.2, -0.15) is 0 Å². The largest absolute Gasteiger partial charge is 0.360 e. The molecule has 20 heavy (non-hydrogen) atoms. The van der Waals surface area contributed by atoms with E-state index >= 15 is 0 Å². The minimum absolute atomic E-state index is 0.204. The van der Waals surface area contributed by atoms with Crippen LogP contribution in [0.5, 0.6) is 0 Å². The Morgan fingerprint density at radius 1 is 1.35 bits per heavy atom. The molecule has 1 aliphatic rings. The summed E-state index contributed by atoms with van der Waals surface area (Å²) in [6.07, 6.45) is 0. The van der Waals surface area contributed by atoms with Gasteiger partial charge in [0.2, 0.25) is 0 Å². The van der Waals surface area contributed by atoms with Crippen molar-refractivity contribution in [2.75, 3.05) is 37.1 Å². The topological polar surface area (TPSA) is 44.8 Å². The summed E-state index contributed by atoms with van der Waals surface area (Å²) in [5.41, 5.74) is 0.759. The summed E-state index contributed by atoms with van der Waals surface area (Å²) in [4.78, 5) is 15.6. The zero-order chi connectivity index (χ0) is 14.4. The van der Waals surface area contributed by atoms with Crippen LogP contribution in [0, 0.1) is 0 Å². The number of carbonyl (C=O) groups excluding carboxylic acids is 1. The first-order chi connectivity index (χ1) is 9.72. The van der Waals surface area contributed by atoms with Crippen LogP contribution >= 0.6 is 28.1 Å². The number of anilines is 1. The molecule has 0 radical (unpaired) electrons. The minimum Gasteiger partial charge on any atom is -0.360 e. The van der Waals surface area contributed by atoms with Gasteiger partial charge in [0, 0.05) is 24.1 Å². The van der Waals surface area contributed by atoms with Crippen LogP contribution in [0.2, 0.25) is 0 Å². The molecule has 0 bridgehead atoms. The molecule has 1 aliphatic heterocycles. The quantitative estimate of drug-likeness (QED) is 0.499. The monoisotopic (exact) mass is 357 g/mol. The van der Waals surface area contributed by atoms with Crippen molar-refractivity contribution in [3.63, 3.8) is 0 Å². The Kier molecular flexibility index (Phi) is 5.75. The molecule has 0 aromatic heterocycles. The minimum atomic E-state index is -0.204. The van der Waals surface area contributed by atoms with Gasteiger partial charge in [0.1, 0.15) is 6.73 Å². The summed E-state index contributed by atoms with van der Waals surface area (Å²) in [5, 5.41) is 4.12. The predicted octanol–water partition coefficient (Wildman–Crippen LogP) is 2.49. The van der Waals surface area contributed by atoms with E-state index < -0.39 is 0 Å². The average molecular weight is 358 g/mol. The van der Waals surface area contributed by atoms with Crippen molar-refractivity contribution in [3.8, 4) is 0 Å². The highest BCUT2D eigenvalue weighted by atomic mass is 79.9. The summed E-state index contributed by atoms with van der Waals surface area (Å²) in [6.45, 7) is 2.31. The third-order valence-electron chi connectivity index (χ3n) is 2.83. The van der Waals surface area contributed by atoms with Crippen molar-refractivity contribution < 1.29 is 9.53 Å². The van der Waals surface area contributed by atoms with Crippen LogP contribution in [0.1, 0.15) is 0 Å². The molecule has 108 valence electrons. The van der Waals surface area contributed by atoms with E-state index in [4.69, 9.17) is 17.0 Å². The fraction of sp³-hybridized carbons (Fsp3) is 0.385. The molecular weight excluding hydrogens is 342 g/mol. The number of nitrogens with zero attached hydrogens (tertiary/aromatic N) is 2. The van der Waals surface area contributed by atoms with Crippen molar-refractivity contribution in [2.45, 2.75) is 0 Å². The molecule has 1 N–H and O–H groups in total. The fourth-order valence-electron chi connectivity index (χ4n) is 1.83. The molecule has 2 amide bonds. The van der Waals surface area contributed by atoms with Gasteiger partial charge in [0.25, 0.3) is 0 Å². The van der Waals surface area contributed by atoms with E-state index in [1.807, 2.05) is 35.2 Å². The van der Waals surface area contributed by atoms with E-state index in [2.05, 4.69) is 21.2 Å². The van der Waals surface area contributed by atoms with E-state index in [-0.39, 0.29) is 6.03 Å². The lowest BCUT2D eigenvalue weighted by atomic mass is 10.3. The van der Waals surface area contributed by atoms with Gasteiger partial charge >= 0.3 is 6.03 Å². The number of ether oxygens (including phenoxy) is 1. The van der Waals surface area contributed by atoms with Crippen LogP contribution in [-0.4, -0.2) is 52.7 Å². The number of hydrogen-bond donors (Lipinski definition) is 1. The molecule has 7 heteroatoms. The van der Waals surface area contributed by atoms with Crippen molar-refractivity contribution in [3.05, 3.63) is 30.3 Å². The third kappa shape index (κ3) is 3.91. The molecule has 1 aromatic carbocycles. The summed E-state index contributed by atoms with van der Waals surface area (Å²) in [6, 6.07) is 9.13. The molecule has 0 atom stereocenters. The van der Waals surface area contributed by atoms with Crippen molar-refractivity contribution in [2.24, 2.45) is 0 Å². The first-order valence-corrected chi connectivity index (χ1v) is 7.81. The summed E-state index contributed by atoms with van der Waals surface area (Å²) < 4.78 is 5.42. The van der Waals surface area contributed by atoms with Gasteiger partial charge in [0.05, 0.1) is 6.61 Å². The number of para-hydroxylation sites is 1. The molecule has 0 aliphatic carbocycles. The maximum atomic E-state index is 12.2. The van der Waals surface area contributed by atoms with Gasteiger partial charge in [0.15, 0.2) is 5.11 Å². The summed E-state index contributed by atoms with van der Waals surface area (Å²) in [7, 11) is 0. The first kappa shape index (κ1) is 15.2. The predicted molar refractivity (Wildman–Crippen MR) is 86.1 cm³/mol. The molecule has 5 nitrogen and oxygen atoms in total. The van der Waals surface area contributed by atoms with Crippen LogP contribution in [0.15, 0.2) is 30.3 Å². The Balaban J connectivity index is 1.87. The number of halogens is 1. The van der Waals surface area contributed by atoms with E-state index in [9.17, 15) is 4.79 Å². The number of benzene rings is 1. The highest BCUT2D eigenvalue weighted by Crippen LogP contribution is 2.12. The standard InChI is InChI=1S/C13H16BrN3O2S/c14-6-9-19-10-16-7-8-17(13(16)20)12(18)15-11-4-2-1-3-5-11/h1-5H,6-10H2,(H,15,18). The maximum Gasteiger partial charge on any atom is 0.328 e. The normalized spacial score (nSPS) is 14.8. The zero-order valence-corrected chi connectivity index (χ0v) is 13.3. The number of thiocarbonyl (C=S) groups is 1. The van der Waals surface area contributed by atoms with Crippen LogP contribution in [0.25, 0.3) is 0 Å². The van der Waals surface area contributed by atoms with Crippen LogP contribution in [0.3, 0.4) is 0 Å². The average Bonchev–Trinajstić information content (AvgIpc) is 2.82. The maximum absolute atomic E-state index is 12.2. The molecule has 1 heterocycles. The molecule has 0 spiro atoms. The Morgan fingerprint density at radius 3 is 2.80 bits per heavy atom. The van der Waals surface area contributed by atoms with E-state index in [1.54, 1.807) is 4.90 Å². The molecular formula is C13H16BrN3O2S. The van der Waals surface area contributed by atoms with E-state index in [0.29, 0.717) is 31.5 Å². The lowest BCUT2D eigenvalue weighted by molar-refractivity contribution is 0.0830. The van der Waals surface area contributed by atoms with E-state index in [1.165, 1.54) is 0 Å². The van der Waals surface area contributed by atoms with Crippen molar-refractivity contribution in [1.82, 2.24) is 9.80 Å². The van der Waals surface area contributed by atoms with Crippen LogP contribution in [-0.2, 0) is 4.74 Å². The first-order valence-electron chi connectivity index (χ1n) is 6.28. The van der Waals surface area contributed by atoms with Crippen LogP contribution in [0.4, 0.5) is 10.5 Å². The number of rotatable bonds is 5. The Hall–Kier alpha value is -1.18. The second kappa shape index (κ2) is 7.56. The van der Waals surface area contributed by atoms with Gasteiger partial charge in [-0.05, 0) is 24.4 Å². The molecule has 1 saturated heterocycles. The number of carbonyl (C=O) groups is 1. The van der Waals surface area contributed by atoms with Gasteiger partial charge in [-0.1, -0.05) is 34.1 Å². The smallest absolute Gasteiger partial charge is 0.328 e. The van der Waals surface area contributed by atoms with Gasteiger partial charge in [-0.15, -0.1) is 0 Å². The third-order valence-corrected chi connectivity index (χ3v) is 3.64. The number of nitrogens with one attached hydrogen (secondary N) is 1. The fourth-order valence-corrected chi connectivity index (χ4v) is 2.38. The Labute approximate surface area is 132 Å². The molecule has 1 aromatic rings. The molecule has 0 unspecified atom stereocenters. The highest BCUT2D eigenvalue weighted by Gasteiger charge is 2.29. The van der Waals surface area contributed by atoms with Crippen LogP contribution < -0.4 is 5.32 Å².